The smallest absolute Gasteiger partial charge is 0.234 e. The monoisotopic (exact) mass is 261 g/mol. The molecule has 1 aromatic carbocycles. The lowest BCUT2D eigenvalue weighted by atomic mass is 9.96. The molecule has 4 heteroatoms. The van der Waals surface area contributed by atoms with Gasteiger partial charge in [-0.25, -0.2) is 0 Å². The van der Waals surface area contributed by atoms with Crippen LogP contribution in [0.3, 0.4) is 0 Å². The van der Waals surface area contributed by atoms with Crippen LogP contribution in [0, 0.1) is 0 Å². The SMILES string of the molecule is CC.CC.[B]c1ccc(N(C)C(=O)CC(C)=O)cc1. The van der Waals surface area contributed by atoms with Crippen molar-refractivity contribution < 1.29 is 9.59 Å². The van der Waals surface area contributed by atoms with Crippen molar-refractivity contribution >= 4 is 30.7 Å². The lowest BCUT2D eigenvalue weighted by Gasteiger charge is -2.16. The standard InChI is InChI=1S/C11H12BNO2.2C2H6/c1-8(14)7-11(15)13(2)10-5-3-9(12)4-6-10;2*1-2/h3-6H,7H2,1-2H3;2*1-2H3. The first-order valence-electron chi connectivity index (χ1n) is 6.62. The maximum absolute atomic E-state index is 11.5. The van der Waals surface area contributed by atoms with Crippen LogP contribution in [0.1, 0.15) is 41.0 Å². The van der Waals surface area contributed by atoms with Crippen LogP contribution in [0.5, 0.6) is 0 Å². The molecule has 0 aliphatic carbocycles. The maximum Gasteiger partial charge on any atom is 0.234 e. The van der Waals surface area contributed by atoms with Crippen molar-refractivity contribution in [3.8, 4) is 0 Å². The molecule has 104 valence electrons. The van der Waals surface area contributed by atoms with E-state index in [2.05, 4.69) is 0 Å². The molecule has 0 heterocycles. The Morgan fingerprint density at radius 1 is 1.05 bits per heavy atom. The predicted molar refractivity (Wildman–Crippen MR) is 83.2 cm³/mol. The molecular formula is C15H24BNO2. The highest BCUT2D eigenvalue weighted by atomic mass is 16.2. The van der Waals surface area contributed by atoms with Gasteiger partial charge in [0, 0.05) is 12.7 Å². The van der Waals surface area contributed by atoms with E-state index in [0.717, 1.165) is 5.69 Å². The van der Waals surface area contributed by atoms with Crippen LogP contribution in [-0.4, -0.2) is 26.6 Å². The quantitative estimate of drug-likeness (QED) is 0.619. The van der Waals surface area contributed by atoms with Gasteiger partial charge in [0.05, 0.1) is 6.42 Å². The second-order valence-corrected chi connectivity index (χ2v) is 3.42. The molecule has 0 fully saturated rings. The maximum atomic E-state index is 11.5. The molecule has 0 N–H and O–H groups in total. The van der Waals surface area contributed by atoms with Crippen molar-refractivity contribution in [3.63, 3.8) is 0 Å². The van der Waals surface area contributed by atoms with Crippen LogP contribution in [-0.2, 0) is 9.59 Å². The van der Waals surface area contributed by atoms with Gasteiger partial charge in [-0.05, 0) is 19.1 Å². The number of carbonyl (C=O) groups excluding carboxylic acids is 2. The predicted octanol–water partition coefficient (Wildman–Crippen LogP) is 2.47. The van der Waals surface area contributed by atoms with E-state index in [4.69, 9.17) is 7.85 Å². The number of anilines is 1. The Kier molecular flexibility index (Phi) is 12.0. The fourth-order valence-electron chi connectivity index (χ4n) is 1.17. The van der Waals surface area contributed by atoms with Crippen molar-refractivity contribution in [2.24, 2.45) is 0 Å². The molecule has 0 aliphatic heterocycles. The summed E-state index contributed by atoms with van der Waals surface area (Å²) in [7, 11) is 7.16. The third-order valence-corrected chi connectivity index (χ3v) is 2.05. The molecule has 0 spiro atoms. The molecule has 0 unspecified atom stereocenters. The largest absolute Gasteiger partial charge is 0.315 e. The zero-order valence-electron chi connectivity index (χ0n) is 12.9. The zero-order valence-corrected chi connectivity index (χ0v) is 12.9. The molecular weight excluding hydrogens is 237 g/mol. The first-order valence-corrected chi connectivity index (χ1v) is 6.62. The number of Topliss-reactive ketones (excluding diaryl/α,β-unsaturated/α-hetero) is 1. The number of hydrogen-bond acceptors (Lipinski definition) is 2. The van der Waals surface area contributed by atoms with E-state index in [1.54, 1.807) is 31.3 Å². The van der Waals surface area contributed by atoms with Crippen LogP contribution in [0.25, 0.3) is 0 Å². The molecule has 19 heavy (non-hydrogen) atoms. The highest BCUT2D eigenvalue weighted by Gasteiger charge is 2.12. The lowest BCUT2D eigenvalue weighted by molar-refractivity contribution is -0.125. The van der Waals surface area contributed by atoms with Crippen LogP contribution in [0.2, 0.25) is 0 Å². The average Bonchev–Trinajstić information content (AvgIpc) is 2.42. The molecule has 1 rings (SSSR count). The van der Waals surface area contributed by atoms with Crippen molar-refractivity contribution in [2.75, 3.05) is 11.9 Å². The molecule has 0 aliphatic rings. The molecule has 2 radical (unpaired) electrons. The number of benzene rings is 1. The highest BCUT2D eigenvalue weighted by Crippen LogP contribution is 2.11. The summed E-state index contributed by atoms with van der Waals surface area (Å²) in [6, 6.07) is 6.92. The minimum absolute atomic E-state index is 0.0686. The Hall–Kier alpha value is -1.58. The van der Waals surface area contributed by atoms with Gasteiger partial charge in [-0.2, -0.15) is 0 Å². The summed E-state index contributed by atoms with van der Waals surface area (Å²) in [6.45, 7) is 9.40. The Balaban J connectivity index is 0. The van der Waals surface area contributed by atoms with Gasteiger partial charge in [-0.3, -0.25) is 9.59 Å². The molecule has 1 aromatic rings. The summed E-state index contributed by atoms with van der Waals surface area (Å²) in [4.78, 5) is 23.7. The summed E-state index contributed by atoms with van der Waals surface area (Å²) >= 11 is 0. The molecule has 1 amide bonds. The van der Waals surface area contributed by atoms with E-state index < -0.39 is 0 Å². The summed E-state index contributed by atoms with van der Waals surface area (Å²) in [5.74, 6) is -0.352. The first kappa shape index (κ1) is 19.8. The van der Waals surface area contributed by atoms with E-state index in [1.807, 2.05) is 27.7 Å². The summed E-state index contributed by atoms with van der Waals surface area (Å²) < 4.78 is 0. The normalized spacial score (nSPS) is 8.32. The Morgan fingerprint density at radius 3 is 1.84 bits per heavy atom. The van der Waals surface area contributed by atoms with Crippen LogP contribution in [0.4, 0.5) is 5.69 Å². The number of ketones is 1. The van der Waals surface area contributed by atoms with Gasteiger partial charge in [-0.15, -0.1) is 0 Å². The van der Waals surface area contributed by atoms with E-state index in [1.165, 1.54) is 11.8 Å². The third-order valence-electron chi connectivity index (χ3n) is 2.05. The third kappa shape index (κ3) is 8.19. The second kappa shape index (κ2) is 11.5. The summed E-state index contributed by atoms with van der Waals surface area (Å²) in [5, 5.41) is 0. The lowest BCUT2D eigenvalue weighted by Crippen LogP contribution is -2.27. The second-order valence-electron chi connectivity index (χ2n) is 3.42. The zero-order chi connectivity index (χ0) is 15.4. The van der Waals surface area contributed by atoms with Gasteiger partial charge in [0.2, 0.25) is 5.91 Å². The van der Waals surface area contributed by atoms with E-state index in [0.29, 0.717) is 5.46 Å². The molecule has 0 saturated carbocycles. The van der Waals surface area contributed by atoms with Gasteiger partial charge in [-0.1, -0.05) is 45.3 Å². The number of nitrogens with zero attached hydrogens (tertiary/aromatic N) is 1. The highest BCUT2D eigenvalue weighted by molar-refractivity contribution is 6.32. The molecule has 0 saturated heterocycles. The van der Waals surface area contributed by atoms with Crippen LogP contribution in [0.15, 0.2) is 24.3 Å². The number of amides is 1. The van der Waals surface area contributed by atoms with Crippen molar-refractivity contribution in [1.82, 2.24) is 0 Å². The van der Waals surface area contributed by atoms with E-state index in [9.17, 15) is 9.59 Å². The van der Waals surface area contributed by atoms with Gasteiger partial charge in [0.25, 0.3) is 0 Å². The number of rotatable bonds is 3. The van der Waals surface area contributed by atoms with Gasteiger partial charge < -0.3 is 4.90 Å². The van der Waals surface area contributed by atoms with Crippen molar-refractivity contribution in [1.29, 1.82) is 0 Å². The van der Waals surface area contributed by atoms with Gasteiger partial charge in [0.1, 0.15) is 13.6 Å². The molecule has 0 aromatic heterocycles. The Morgan fingerprint density at radius 2 is 1.47 bits per heavy atom. The topological polar surface area (TPSA) is 37.4 Å². The van der Waals surface area contributed by atoms with E-state index >= 15 is 0 Å². The molecule has 0 atom stereocenters. The van der Waals surface area contributed by atoms with Crippen molar-refractivity contribution in [3.05, 3.63) is 24.3 Å². The fourth-order valence-corrected chi connectivity index (χ4v) is 1.17. The van der Waals surface area contributed by atoms with E-state index in [-0.39, 0.29) is 18.1 Å². The average molecular weight is 261 g/mol. The Bertz CT molecular complexity index is 374. The Labute approximate surface area is 118 Å². The number of hydrogen-bond donors (Lipinski definition) is 0. The molecule has 0 bridgehead atoms. The van der Waals surface area contributed by atoms with Gasteiger partial charge >= 0.3 is 0 Å². The minimum Gasteiger partial charge on any atom is -0.315 e. The first-order chi connectivity index (χ1) is 9.00. The minimum atomic E-state index is -0.215. The van der Waals surface area contributed by atoms with Gasteiger partial charge in [0.15, 0.2) is 0 Å². The van der Waals surface area contributed by atoms with Crippen LogP contribution < -0.4 is 10.4 Å². The van der Waals surface area contributed by atoms with Crippen LogP contribution >= 0.6 is 0 Å². The van der Waals surface area contributed by atoms with Crippen molar-refractivity contribution in [2.45, 2.75) is 41.0 Å². The summed E-state index contributed by atoms with van der Waals surface area (Å²) in [5.41, 5.74) is 1.38. The number of carbonyl (C=O) groups is 2. The molecule has 3 nitrogen and oxygen atoms in total. The summed E-state index contributed by atoms with van der Waals surface area (Å²) in [6.07, 6.45) is -0.0686. The fraction of sp³-hybridized carbons (Fsp3) is 0.467.